The Bertz CT molecular complexity index is 1140. The number of nitrogens with one attached hydrogen (secondary N) is 3. The number of H-pyrrole nitrogens is 1. The Labute approximate surface area is 182 Å². The van der Waals surface area contributed by atoms with Crippen molar-refractivity contribution in [3.05, 3.63) is 59.3 Å². The number of aryl methyl sites for hydroxylation is 2. The Kier molecular flexibility index (Phi) is 5.63. The van der Waals surface area contributed by atoms with E-state index in [1.54, 1.807) is 11.0 Å². The average Bonchev–Trinajstić information content (AvgIpc) is 3.07. The molecule has 158 valence electrons. The zero-order chi connectivity index (χ0) is 22.0. The minimum atomic E-state index is -0.239. The number of aromatic nitrogens is 2. The van der Waals surface area contributed by atoms with Crippen LogP contribution in [-0.4, -0.2) is 28.6 Å². The molecule has 0 radical (unpaired) electrons. The minimum Gasteiger partial charge on any atom is -0.382 e. The zero-order valence-corrected chi connectivity index (χ0v) is 18.0. The van der Waals surface area contributed by atoms with Crippen molar-refractivity contribution in [2.24, 2.45) is 0 Å². The highest BCUT2D eigenvalue weighted by molar-refractivity contribution is 6.03. The summed E-state index contributed by atoms with van der Waals surface area (Å²) in [5.41, 5.74) is 4.88. The summed E-state index contributed by atoms with van der Waals surface area (Å²) >= 11 is 0. The van der Waals surface area contributed by atoms with Crippen molar-refractivity contribution in [2.45, 2.75) is 39.7 Å². The van der Waals surface area contributed by atoms with Crippen molar-refractivity contribution in [1.29, 1.82) is 5.26 Å². The van der Waals surface area contributed by atoms with E-state index in [1.165, 1.54) is 0 Å². The number of nitriles is 1. The monoisotopic (exact) mass is 414 g/mol. The lowest BCUT2D eigenvalue weighted by molar-refractivity contribution is 0.254. The summed E-state index contributed by atoms with van der Waals surface area (Å²) in [5, 5.41) is 15.9. The molecule has 1 atom stereocenters. The van der Waals surface area contributed by atoms with Crippen LogP contribution in [0.3, 0.4) is 0 Å². The van der Waals surface area contributed by atoms with Gasteiger partial charge < -0.3 is 10.3 Å². The van der Waals surface area contributed by atoms with Crippen molar-refractivity contribution in [3.8, 4) is 17.3 Å². The molecule has 7 heteroatoms. The molecule has 3 aromatic rings. The number of benzene rings is 1. The van der Waals surface area contributed by atoms with Crippen LogP contribution in [0.25, 0.3) is 11.3 Å². The van der Waals surface area contributed by atoms with Crippen molar-refractivity contribution < 1.29 is 4.79 Å². The number of hydrogen-bond donors (Lipinski definition) is 3. The van der Waals surface area contributed by atoms with E-state index >= 15 is 0 Å². The number of rotatable bonds is 2. The summed E-state index contributed by atoms with van der Waals surface area (Å²) in [4.78, 5) is 23.1. The number of hydrogen-bond acceptors (Lipinski definition) is 4. The van der Waals surface area contributed by atoms with Crippen molar-refractivity contribution in [3.63, 3.8) is 0 Å². The second-order valence-corrected chi connectivity index (χ2v) is 7.93. The van der Waals surface area contributed by atoms with Crippen LogP contribution in [-0.2, 0) is 0 Å². The molecule has 7 nitrogen and oxygen atoms in total. The van der Waals surface area contributed by atoms with Crippen LogP contribution < -0.4 is 15.5 Å². The first-order chi connectivity index (χ1) is 15.0. The molecule has 3 heterocycles. The molecule has 3 N–H and O–H groups in total. The maximum atomic E-state index is 13.4. The SMILES string of the molecule is Cc1cc(NC(=O)N2c3nc(-c4ccccc4C#N)ccc3NCCC[C@H]2C)[nH]c1C. The number of amides is 2. The fourth-order valence-corrected chi connectivity index (χ4v) is 3.88. The molecule has 0 unspecified atom stereocenters. The van der Waals surface area contributed by atoms with E-state index in [0.717, 1.165) is 41.9 Å². The number of anilines is 3. The van der Waals surface area contributed by atoms with E-state index in [1.807, 2.05) is 57.2 Å². The summed E-state index contributed by atoms with van der Waals surface area (Å²) in [5.74, 6) is 1.23. The number of nitrogens with zero attached hydrogens (tertiary/aromatic N) is 3. The Balaban J connectivity index is 1.77. The van der Waals surface area contributed by atoms with Gasteiger partial charge >= 0.3 is 6.03 Å². The molecule has 0 spiro atoms. The molecule has 2 aromatic heterocycles. The van der Waals surface area contributed by atoms with Gasteiger partial charge in [-0.3, -0.25) is 10.2 Å². The topological polar surface area (TPSA) is 96.8 Å². The van der Waals surface area contributed by atoms with E-state index < -0.39 is 0 Å². The quantitative estimate of drug-likeness (QED) is 0.537. The molecule has 0 fully saturated rings. The summed E-state index contributed by atoms with van der Waals surface area (Å²) in [6.45, 7) is 6.83. The first kappa shape index (κ1) is 20.5. The van der Waals surface area contributed by atoms with Crippen LogP contribution in [0.4, 0.5) is 22.1 Å². The van der Waals surface area contributed by atoms with E-state index in [0.29, 0.717) is 22.9 Å². The standard InChI is InChI=1S/C24H26N6O/c1-15-13-22(27-17(15)3)29-24(31)30-16(2)7-6-12-26-21-11-10-20(28-23(21)30)19-9-5-4-8-18(19)14-25/h4-5,8-11,13,16,26-27H,6-7,12H2,1-3H3,(H,29,31)/t16-/m1/s1. The molecular formula is C24H26N6O. The Hall–Kier alpha value is -3.79. The predicted octanol–water partition coefficient (Wildman–Crippen LogP) is 5.20. The molecule has 0 bridgehead atoms. The fourth-order valence-electron chi connectivity index (χ4n) is 3.88. The molecule has 1 aliphatic rings. The lowest BCUT2D eigenvalue weighted by atomic mass is 10.0. The zero-order valence-electron chi connectivity index (χ0n) is 18.0. The van der Waals surface area contributed by atoms with Gasteiger partial charge in [0.15, 0.2) is 5.82 Å². The largest absolute Gasteiger partial charge is 0.382 e. The van der Waals surface area contributed by atoms with Gasteiger partial charge in [0, 0.05) is 23.8 Å². The van der Waals surface area contributed by atoms with Crippen molar-refractivity contribution in [1.82, 2.24) is 9.97 Å². The van der Waals surface area contributed by atoms with Crippen molar-refractivity contribution in [2.75, 3.05) is 22.1 Å². The molecule has 0 aliphatic carbocycles. The highest BCUT2D eigenvalue weighted by Crippen LogP contribution is 2.33. The van der Waals surface area contributed by atoms with E-state index in [-0.39, 0.29) is 12.1 Å². The van der Waals surface area contributed by atoms with Gasteiger partial charge in [-0.15, -0.1) is 0 Å². The maximum absolute atomic E-state index is 13.4. The molecule has 31 heavy (non-hydrogen) atoms. The fraction of sp³-hybridized carbons (Fsp3) is 0.292. The van der Waals surface area contributed by atoms with E-state index in [9.17, 15) is 10.1 Å². The summed E-state index contributed by atoms with van der Waals surface area (Å²) in [7, 11) is 0. The molecule has 2 amide bonds. The first-order valence-corrected chi connectivity index (χ1v) is 10.5. The van der Waals surface area contributed by atoms with Gasteiger partial charge in [-0.25, -0.2) is 9.78 Å². The van der Waals surface area contributed by atoms with Gasteiger partial charge in [0.25, 0.3) is 0 Å². The third kappa shape index (κ3) is 4.10. The second kappa shape index (κ2) is 8.52. The van der Waals surface area contributed by atoms with Crippen LogP contribution in [0.15, 0.2) is 42.5 Å². The van der Waals surface area contributed by atoms with Crippen LogP contribution in [0.1, 0.15) is 36.6 Å². The Morgan fingerprint density at radius 2 is 2.06 bits per heavy atom. The molecule has 0 saturated heterocycles. The number of carbonyl (C=O) groups is 1. The maximum Gasteiger partial charge on any atom is 0.328 e. The van der Waals surface area contributed by atoms with Gasteiger partial charge in [-0.05, 0) is 63.4 Å². The Morgan fingerprint density at radius 1 is 1.26 bits per heavy atom. The Morgan fingerprint density at radius 3 is 2.81 bits per heavy atom. The first-order valence-electron chi connectivity index (χ1n) is 10.5. The number of urea groups is 1. The minimum absolute atomic E-state index is 0.0352. The highest BCUT2D eigenvalue weighted by Gasteiger charge is 2.28. The van der Waals surface area contributed by atoms with Gasteiger partial charge in [-0.1, -0.05) is 18.2 Å². The van der Waals surface area contributed by atoms with Crippen LogP contribution >= 0.6 is 0 Å². The predicted molar refractivity (Wildman–Crippen MR) is 123 cm³/mol. The van der Waals surface area contributed by atoms with Crippen LogP contribution in [0, 0.1) is 25.2 Å². The van der Waals surface area contributed by atoms with Gasteiger partial charge in [-0.2, -0.15) is 5.26 Å². The molecule has 4 rings (SSSR count). The summed E-state index contributed by atoms with van der Waals surface area (Å²) in [6, 6.07) is 15.1. The smallest absolute Gasteiger partial charge is 0.328 e. The summed E-state index contributed by atoms with van der Waals surface area (Å²) in [6.07, 6.45) is 1.80. The highest BCUT2D eigenvalue weighted by atomic mass is 16.2. The lowest BCUT2D eigenvalue weighted by Gasteiger charge is -2.32. The number of fused-ring (bicyclic) bond motifs is 1. The van der Waals surface area contributed by atoms with Crippen LogP contribution in [0.5, 0.6) is 0 Å². The van der Waals surface area contributed by atoms with Gasteiger partial charge in [0.05, 0.1) is 23.0 Å². The van der Waals surface area contributed by atoms with Crippen LogP contribution in [0.2, 0.25) is 0 Å². The second-order valence-electron chi connectivity index (χ2n) is 7.93. The normalized spacial score (nSPS) is 15.8. The lowest BCUT2D eigenvalue weighted by Crippen LogP contribution is -2.43. The van der Waals surface area contributed by atoms with E-state index in [4.69, 9.17) is 4.98 Å². The number of carbonyl (C=O) groups excluding carboxylic acids is 1. The van der Waals surface area contributed by atoms with Crippen molar-refractivity contribution >= 4 is 23.4 Å². The molecule has 0 saturated carbocycles. The van der Waals surface area contributed by atoms with E-state index in [2.05, 4.69) is 21.7 Å². The number of pyridine rings is 1. The average molecular weight is 415 g/mol. The third-order valence-corrected chi connectivity index (χ3v) is 5.72. The molecular weight excluding hydrogens is 388 g/mol. The molecule has 1 aliphatic heterocycles. The molecule has 1 aromatic carbocycles. The van der Waals surface area contributed by atoms with Gasteiger partial charge in [0.2, 0.25) is 0 Å². The summed E-state index contributed by atoms with van der Waals surface area (Å²) < 4.78 is 0. The third-order valence-electron chi connectivity index (χ3n) is 5.72. The number of aromatic amines is 1. The van der Waals surface area contributed by atoms with Gasteiger partial charge in [0.1, 0.15) is 5.82 Å².